The van der Waals surface area contributed by atoms with Gasteiger partial charge in [0, 0.05) is 17.7 Å². The van der Waals surface area contributed by atoms with Crippen LogP contribution >= 0.6 is 34.8 Å². The van der Waals surface area contributed by atoms with Crippen LogP contribution < -0.4 is 5.32 Å². The van der Waals surface area contributed by atoms with Gasteiger partial charge in [0.05, 0.1) is 10.0 Å². The van der Waals surface area contributed by atoms with Crippen LogP contribution in [0.1, 0.15) is 18.3 Å². The molecule has 0 spiro atoms. The van der Waals surface area contributed by atoms with Crippen LogP contribution in [0.4, 0.5) is 11.5 Å². The van der Waals surface area contributed by atoms with Crippen molar-refractivity contribution in [3.8, 4) is 0 Å². The molecule has 0 bridgehead atoms. The number of nitrogens with one attached hydrogen (secondary N) is 1. The van der Waals surface area contributed by atoms with E-state index in [1.54, 1.807) is 12.1 Å². The molecule has 2 aromatic rings. The summed E-state index contributed by atoms with van der Waals surface area (Å²) in [4.78, 5) is 8.61. The van der Waals surface area contributed by atoms with Crippen molar-refractivity contribution < 1.29 is 0 Å². The van der Waals surface area contributed by atoms with Crippen LogP contribution in [0.25, 0.3) is 0 Å². The van der Waals surface area contributed by atoms with Gasteiger partial charge in [-0.2, -0.15) is 0 Å². The number of halogens is 3. The van der Waals surface area contributed by atoms with Crippen molar-refractivity contribution in [3.63, 3.8) is 0 Å². The second-order valence-corrected chi connectivity index (χ2v) is 5.18. The number of anilines is 2. The van der Waals surface area contributed by atoms with Gasteiger partial charge in [0.2, 0.25) is 0 Å². The normalized spacial score (nSPS) is 10.6. The fourth-order valence-corrected chi connectivity index (χ4v) is 2.01. The van der Waals surface area contributed by atoms with Gasteiger partial charge in [-0.25, -0.2) is 9.97 Å². The van der Waals surface area contributed by atoms with Gasteiger partial charge in [-0.1, -0.05) is 41.7 Å². The van der Waals surface area contributed by atoms with Gasteiger partial charge in [0.15, 0.2) is 0 Å². The Morgan fingerprint density at radius 1 is 1.11 bits per heavy atom. The van der Waals surface area contributed by atoms with Crippen molar-refractivity contribution in [2.24, 2.45) is 0 Å². The highest BCUT2D eigenvalue weighted by Gasteiger charge is 2.09. The Labute approximate surface area is 126 Å². The zero-order chi connectivity index (χ0) is 14.0. The molecule has 1 N–H and O–H groups in total. The number of hydrogen-bond acceptors (Lipinski definition) is 3. The van der Waals surface area contributed by atoms with Gasteiger partial charge in [0.1, 0.15) is 16.8 Å². The van der Waals surface area contributed by atoms with Crippen molar-refractivity contribution >= 4 is 46.3 Å². The highest BCUT2D eigenvalue weighted by Crippen LogP contribution is 2.28. The van der Waals surface area contributed by atoms with Crippen molar-refractivity contribution in [1.82, 2.24) is 9.97 Å². The summed E-state index contributed by atoms with van der Waals surface area (Å²) in [7, 11) is 0. The Hall–Kier alpha value is -1.03. The molecule has 0 saturated carbocycles. The minimum absolute atomic E-state index is 0.453. The lowest BCUT2D eigenvalue weighted by molar-refractivity contribution is 0.934. The molecule has 0 aliphatic rings. The van der Waals surface area contributed by atoms with E-state index in [0.29, 0.717) is 26.8 Å². The van der Waals surface area contributed by atoms with Gasteiger partial charge in [-0.15, -0.1) is 0 Å². The van der Waals surface area contributed by atoms with E-state index in [2.05, 4.69) is 15.3 Å². The molecule has 3 nitrogen and oxygen atoms in total. The predicted octanol–water partition coefficient (Wildman–Crippen LogP) is 5.05. The number of hydrogen-bond donors (Lipinski definition) is 1. The van der Waals surface area contributed by atoms with E-state index >= 15 is 0 Å². The second-order valence-electron chi connectivity index (χ2n) is 4.01. The topological polar surface area (TPSA) is 37.8 Å². The van der Waals surface area contributed by atoms with Crippen molar-refractivity contribution in [1.29, 1.82) is 0 Å². The molecule has 6 heteroatoms. The van der Waals surface area contributed by atoms with E-state index in [9.17, 15) is 0 Å². The molecule has 0 aliphatic heterocycles. The summed E-state index contributed by atoms with van der Waals surface area (Å²) >= 11 is 17.9. The second kappa shape index (κ2) is 5.95. The van der Waals surface area contributed by atoms with Crippen LogP contribution in [0.15, 0.2) is 18.2 Å². The molecule has 1 aromatic heterocycles. The lowest BCUT2D eigenvalue weighted by Crippen LogP contribution is -2.03. The molecule has 0 radical (unpaired) electrons. The van der Waals surface area contributed by atoms with E-state index < -0.39 is 0 Å². The lowest BCUT2D eigenvalue weighted by atomic mass is 10.3. The third kappa shape index (κ3) is 3.30. The fourth-order valence-electron chi connectivity index (χ4n) is 1.52. The largest absolute Gasteiger partial charge is 0.340 e. The zero-order valence-corrected chi connectivity index (χ0v) is 12.7. The quantitative estimate of drug-likeness (QED) is 0.805. The van der Waals surface area contributed by atoms with Gasteiger partial charge in [-0.3, -0.25) is 0 Å². The van der Waals surface area contributed by atoms with Crippen LogP contribution in [0.2, 0.25) is 15.2 Å². The summed E-state index contributed by atoms with van der Waals surface area (Å²) < 4.78 is 0. The monoisotopic (exact) mass is 315 g/mol. The minimum atomic E-state index is 0.453. The zero-order valence-electron chi connectivity index (χ0n) is 10.5. The number of aryl methyl sites for hydroxylation is 1. The number of nitrogens with zero attached hydrogens (tertiary/aromatic N) is 2. The molecule has 0 aliphatic carbocycles. The summed E-state index contributed by atoms with van der Waals surface area (Å²) in [6.07, 6.45) is 0.718. The molecule has 100 valence electrons. The van der Waals surface area contributed by atoms with Crippen LogP contribution in [-0.4, -0.2) is 9.97 Å². The van der Waals surface area contributed by atoms with Gasteiger partial charge < -0.3 is 5.32 Å². The molecular weight excluding hydrogens is 305 g/mol. The van der Waals surface area contributed by atoms with E-state index in [-0.39, 0.29) is 0 Å². The molecular formula is C13H12Cl3N3. The van der Waals surface area contributed by atoms with Gasteiger partial charge >= 0.3 is 0 Å². The molecule has 1 heterocycles. The molecule has 0 unspecified atom stereocenters. The van der Waals surface area contributed by atoms with Crippen LogP contribution in [0.5, 0.6) is 0 Å². The van der Waals surface area contributed by atoms with E-state index in [4.69, 9.17) is 34.8 Å². The molecule has 19 heavy (non-hydrogen) atoms. The Bertz CT molecular complexity index is 614. The first-order valence-electron chi connectivity index (χ1n) is 5.76. The standard InChI is InChI=1S/C13H12Cl3N3/c1-3-11-18-12(16)7(2)13(19-11)17-8-4-5-9(14)10(15)6-8/h4-6H,3H2,1-2H3,(H,17,18,19). The Kier molecular flexibility index (Phi) is 4.50. The van der Waals surface area contributed by atoms with E-state index in [1.165, 1.54) is 0 Å². The Balaban J connectivity index is 2.37. The summed E-state index contributed by atoms with van der Waals surface area (Å²) in [5.41, 5.74) is 1.60. The van der Waals surface area contributed by atoms with E-state index in [1.807, 2.05) is 19.9 Å². The summed E-state index contributed by atoms with van der Waals surface area (Å²) in [5, 5.41) is 4.63. The van der Waals surface area contributed by atoms with Crippen LogP contribution in [-0.2, 0) is 6.42 Å². The van der Waals surface area contributed by atoms with E-state index in [0.717, 1.165) is 17.7 Å². The predicted molar refractivity (Wildman–Crippen MR) is 80.9 cm³/mol. The third-order valence-electron chi connectivity index (χ3n) is 2.63. The number of benzene rings is 1. The Morgan fingerprint density at radius 3 is 2.47 bits per heavy atom. The first-order valence-corrected chi connectivity index (χ1v) is 6.89. The average molecular weight is 317 g/mol. The summed E-state index contributed by atoms with van der Waals surface area (Å²) in [6, 6.07) is 5.30. The first-order chi connectivity index (χ1) is 9.01. The first kappa shape index (κ1) is 14.4. The van der Waals surface area contributed by atoms with Gasteiger partial charge in [-0.05, 0) is 25.1 Å². The minimum Gasteiger partial charge on any atom is -0.340 e. The third-order valence-corrected chi connectivity index (χ3v) is 3.74. The molecule has 0 atom stereocenters. The molecule has 0 amide bonds. The van der Waals surface area contributed by atoms with Crippen LogP contribution in [0, 0.1) is 6.92 Å². The number of rotatable bonds is 3. The Morgan fingerprint density at radius 2 is 1.84 bits per heavy atom. The van der Waals surface area contributed by atoms with Crippen LogP contribution in [0.3, 0.4) is 0 Å². The molecule has 0 fully saturated rings. The maximum Gasteiger partial charge on any atom is 0.138 e. The molecule has 1 aromatic carbocycles. The highest BCUT2D eigenvalue weighted by molar-refractivity contribution is 6.42. The highest BCUT2D eigenvalue weighted by atomic mass is 35.5. The van der Waals surface area contributed by atoms with Crippen molar-refractivity contribution in [3.05, 3.63) is 44.8 Å². The van der Waals surface area contributed by atoms with Crippen molar-refractivity contribution in [2.45, 2.75) is 20.3 Å². The smallest absolute Gasteiger partial charge is 0.138 e. The maximum atomic E-state index is 6.08. The summed E-state index contributed by atoms with van der Waals surface area (Å²) in [5.74, 6) is 1.37. The number of aromatic nitrogens is 2. The fraction of sp³-hybridized carbons (Fsp3) is 0.231. The molecule has 0 saturated heterocycles. The van der Waals surface area contributed by atoms with Gasteiger partial charge in [0.25, 0.3) is 0 Å². The molecule has 2 rings (SSSR count). The maximum absolute atomic E-state index is 6.08. The lowest BCUT2D eigenvalue weighted by Gasteiger charge is -2.11. The SMILES string of the molecule is CCc1nc(Cl)c(C)c(Nc2ccc(Cl)c(Cl)c2)n1. The summed E-state index contributed by atoms with van der Waals surface area (Å²) in [6.45, 7) is 3.84. The van der Waals surface area contributed by atoms with Crippen molar-refractivity contribution in [2.75, 3.05) is 5.32 Å². The average Bonchev–Trinajstić information content (AvgIpc) is 2.39.